The van der Waals surface area contributed by atoms with Crippen molar-refractivity contribution in [2.75, 3.05) is 27.3 Å². The maximum absolute atomic E-state index is 10.9. The van der Waals surface area contributed by atoms with Gasteiger partial charge in [-0.1, -0.05) is 41.6 Å². The second kappa shape index (κ2) is 10.1. The van der Waals surface area contributed by atoms with Crippen molar-refractivity contribution >= 4 is 11.9 Å². The summed E-state index contributed by atoms with van der Waals surface area (Å²) in [5, 5.41) is 22.6. The zero-order valence-corrected chi connectivity index (χ0v) is 17.4. The summed E-state index contributed by atoms with van der Waals surface area (Å²) in [6.45, 7) is 2.30. The molecule has 0 radical (unpaired) electrons. The number of nitrogens with zero attached hydrogens (tertiary/aromatic N) is 2. The molecule has 4 N–H and O–H groups in total. The highest BCUT2D eigenvalue weighted by atomic mass is 16.5. The molecule has 0 aliphatic carbocycles. The van der Waals surface area contributed by atoms with E-state index in [2.05, 4.69) is 34.3 Å². The van der Waals surface area contributed by atoms with Crippen molar-refractivity contribution in [3.8, 4) is 11.5 Å². The summed E-state index contributed by atoms with van der Waals surface area (Å²) < 4.78 is 11.0. The van der Waals surface area contributed by atoms with Gasteiger partial charge in [-0.2, -0.15) is 0 Å². The van der Waals surface area contributed by atoms with Crippen LogP contribution in [-0.4, -0.2) is 54.5 Å². The molecule has 1 aliphatic heterocycles. The smallest absolute Gasteiger partial charge is 0.164 e. The largest absolute Gasteiger partial charge is 0.493 e. The normalized spacial score (nSPS) is 15.8. The zero-order valence-electron chi connectivity index (χ0n) is 17.4. The summed E-state index contributed by atoms with van der Waals surface area (Å²) in [5.41, 5.74) is 9.88. The lowest BCUT2D eigenvalue weighted by Gasteiger charge is -2.30. The lowest BCUT2D eigenvalue weighted by molar-refractivity contribution is 0.105. The minimum absolute atomic E-state index is 0.0109. The van der Waals surface area contributed by atoms with Gasteiger partial charge in [-0.25, -0.2) is 0 Å². The molecule has 0 fully saturated rings. The van der Waals surface area contributed by atoms with Crippen LogP contribution in [0.1, 0.15) is 22.3 Å². The number of aliphatic hydroxyl groups is 1. The Kier molecular flexibility index (Phi) is 7.32. The van der Waals surface area contributed by atoms with Crippen molar-refractivity contribution in [1.29, 1.82) is 0 Å². The van der Waals surface area contributed by atoms with Gasteiger partial charge in [0.2, 0.25) is 0 Å². The summed E-state index contributed by atoms with van der Waals surface area (Å²) in [5.74, 6) is 1.15. The summed E-state index contributed by atoms with van der Waals surface area (Å²) in [6, 6.07) is 12.1. The monoisotopic (exact) mass is 411 g/mol. The molecule has 0 saturated carbocycles. The second-order valence-corrected chi connectivity index (χ2v) is 7.34. The predicted molar refractivity (Wildman–Crippen MR) is 117 cm³/mol. The van der Waals surface area contributed by atoms with E-state index in [0.717, 1.165) is 30.6 Å². The molecule has 30 heavy (non-hydrogen) atoms. The Bertz CT molecular complexity index is 927. The SMILES string of the molecule is COc1ccc(C=CC(N)=NO)c(CC(O)CN2CCc3ccccc3C2)c1OC. The number of aliphatic hydroxyl groups excluding tert-OH is 1. The minimum atomic E-state index is -0.590. The molecule has 2 aromatic carbocycles. The van der Waals surface area contributed by atoms with Crippen molar-refractivity contribution in [3.63, 3.8) is 0 Å². The highest BCUT2D eigenvalue weighted by molar-refractivity contribution is 5.94. The predicted octanol–water partition coefficient (Wildman–Crippen LogP) is 2.43. The van der Waals surface area contributed by atoms with Crippen LogP contribution in [0.3, 0.4) is 0 Å². The second-order valence-electron chi connectivity index (χ2n) is 7.34. The van der Waals surface area contributed by atoms with Crippen LogP contribution in [0.2, 0.25) is 0 Å². The average Bonchev–Trinajstić information content (AvgIpc) is 2.77. The molecule has 1 aliphatic rings. The van der Waals surface area contributed by atoms with Crippen LogP contribution in [0.15, 0.2) is 47.6 Å². The lowest BCUT2D eigenvalue weighted by Crippen LogP contribution is -2.37. The first-order valence-electron chi connectivity index (χ1n) is 9.92. The molecule has 0 spiro atoms. The molecule has 7 nitrogen and oxygen atoms in total. The van der Waals surface area contributed by atoms with Gasteiger partial charge >= 0.3 is 0 Å². The number of methoxy groups -OCH3 is 2. The van der Waals surface area contributed by atoms with Gasteiger partial charge in [-0.15, -0.1) is 0 Å². The third kappa shape index (κ3) is 5.11. The first-order chi connectivity index (χ1) is 14.5. The number of amidine groups is 1. The van der Waals surface area contributed by atoms with Crippen LogP contribution in [-0.2, 0) is 19.4 Å². The van der Waals surface area contributed by atoms with Gasteiger partial charge in [0.1, 0.15) is 0 Å². The van der Waals surface area contributed by atoms with Gasteiger partial charge in [0, 0.05) is 31.6 Å². The first kappa shape index (κ1) is 21.7. The van der Waals surface area contributed by atoms with E-state index >= 15 is 0 Å². The Hall–Kier alpha value is -3.03. The molecule has 1 unspecified atom stereocenters. The number of rotatable bonds is 8. The number of fused-ring (bicyclic) bond motifs is 1. The van der Waals surface area contributed by atoms with Gasteiger partial charge in [0.25, 0.3) is 0 Å². The van der Waals surface area contributed by atoms with Crippen molar-refractivity contribution in [1.82, 2.24) is 4.90 Å². The lowest BCUT2D eigenvalue weighted by atomic mass is 9.97. The number of ether oxygens (including phenoxy) is 2. The van der Waals surface area contributed by atoms with Crippen LogP contribution in [0.4, 0.5) is 0 Å². The molecule has 7 heteroatoms. The van der Waals surface area contributed by atoms with Gasteiger partial charge in [-0.05, 0) is 35.3 Å². The van der Waals surface area contributed by atoms with Gasteiger partial charge in [0.15, 0.2) is 17.3 Å². The van der Waals surface area contributed by atoms with E-state index in [0.29, 0.717) is 24.5 Å². The summed E-state index contributed by atoms with van der Waals surface area (Å²) in [7, 11) is 3.15. The third-order valence-electron chi connectivity index (χ3n) is 5.35. The van der Waals surface area contributed by atoms with Gasteiger partial charge in [-0.3, -0.25) is 4.90 Å². The van der Waals surface area contributed by atoms with E-state index < -0.39 is 6.10 Å². The minimum Gasteiger partial charge on any atom is -0.493 e. The fourth-order valence-electron chi connectivity index (χ4n) is 3.89. The van der Waals surface area contributed by atoms with Crippen LogP contribution in [0, 0.1) is 0 Å². The summed E-state index contributed by atoms with van der Waals surface area (Å²) >= 11 is 0. The Labute approximate surface area is 177 Å². The maximum atomic E-state index is 10.9. The zero-order chi connectivity index (χ0) is 21.5. The topological polar surface area (TPSA) is 101 Å². The van der Waals surface area contributed by atoms with Crippen molar-refractivity contribution in [2.45, 2.75) is 25.5 Å². The maximum Gasteiger partial charge on any atom is 0.164 e. The van der Waals surface area contributed by atoms with Crippen LogP contribution < -0.4 is 15.2 Å². The van der Waals surface area contributed by atoms with E-state index in [1.54, 1.807) is 26.4 Å². The van der Waals surface area contributed by atoms with Crippen molar-refractivity contribution in [2.24, 2.45) is 10.9 Å². The number of hydrogen-bond donors (Lipinski definition) is 3. The first-order valence-corrected chi connectivity index (χ1v) is 9.92. The van der Waals surface area contributed by atoms with Crippen LogP contribution in [0.5, 0.6) is 11.5 Å². The molecule has 0 saturated heterocycles. The molecule has 0 aromatic heterocycles. The number of hydrogen-bond acceptors (Lipinski definition) is 6. The Morgan fingerprint density at radius 2 is 1.97 bits per heavy atom. The molecule has 0 amide bonds. The molecule has 160 valence electrons. The molecular formula is C23H29N3O4. The van der Waals surface area contributed by atoms with Crippen LogP contribution in [0.25, 0.3) is 6.08 Å². The molecule has 1 atom stereocenters. The highest BCUT2D eigenvalue weighted by Crippen LogP contribution is 2.35. The van der Waals surface area contributed by atoms with Crippen LogP contribution >= 0.6 is 0 Å². The fraction of sp³-hybridized carbons (Fsp3) is 0.348. The Morgan fingerprint density at radius 3 is 2.67 bits per heavy atom. The number of benzene rings is 2. The molecular weight excluding hydrogens is 382 g/mol. The number of nitrogens with two attached hydrogens (primary N) is 1. The van der Waals surface area contributed by atoms with E-state index in [-0.39, 0.29) is 5.84 Å². The van der Waals surface area contributed by atoms with E-state index in [9.17, 15) is 5.11 Å². The quantitative estimate of drug-likeness (QED) is 0.267. The fourth-order valence-corrected chi connectivity index (χ4v) is 3.89. The standard InChI is InChI=1S/C23H29N3O4/c1-29-21-9-7-17(8-10-22(24)25-28)20(23(21)30-2)13-19(27)15-26-12-11-16-5-3-4-6-18(16)14-26/h3-10,19,27-28H,11-15H2,1-2H3,(H2,24,25). The van der Waals surface area contributed by atoms with E-state index in [1.807, 2.05) is 6.07 Å². The Morgan fingerprint density at radius 1 is 1.20 bits per heavy atom. The van der Waals surface area contributed by atoms with E-state index in [1.165, 1.54) is 17.2 Å². The van der Waals surface area contributed by atoms with Gasteiger partial charge in [0.05, 0.1) is 20.3 Å². The molecule has 3 rings (SSSR count). The summed E-state index contributed by atoms with van der Waals surface area (Å²) in [6.07, 6.45) is 4.01. The van der Waals surface area contributed by atoms with Gasteiger partial charge < -0.3 is 25.5 Å². The number of β-amino-alcohol motifs (C(OH)–C–C–N with tert-alkyl or cyclic N) is 1. The van der Waals surface area contributed by atoms with E-state index in [4.69, 9.17) is 20.4 Å². The molecule has 2 aromatic rings. The number of oxime groups is 1. The third-order valence-corrected chi connectivity index (χ3v) is 5.35. The molecule has 1 heterocycles. The average molecular weight is 412 g/mol. The Balaban J connectivity index is 1.79. The van der Waals surface area contributed by atoms with Crippen molar-refractivity contribution < 1.29 is 19.8 Å². The molecule has 0 bridgehead atoms. The van der Waals surface area contributed by atoms with Crippen molar-refractivity contribution in [3.05, 3.63) is 64.7 Å². The highest BCUT2D eigenvalue weighted by Gasteiger charge is 2.21. The summed E-state index contributed by atoms with van der Waals surface area (Å²) in [4.78, 5) is 2.27.